The first-order valence-electron chi connectivity index (χ1n) is 3.32. The first-order valence-corrected chi connectivity index (χ1v) is 3.77. The van der Waals surface area contributed by atoms with E-state index in [9.17, 15) is 0 Å². The summed E-state index contributed by atoms with van der Waals surface area (Å²) in [4.78, 5) is 0. The second-order valence-electron chi connectivity index (χ2n) is 2.10. The Morgan fingerprint density at radius 1 is 1.36 bits per heavy atom. The number of hydrogen-bond donors (Lipinski definition) is 1. The number of benzene rings is 1. The third-order valence-corrected chi connectivity index (χ3v) is 1.61. The largest absolute Gasteiger partial charge is 0.491 e. The van der Waals surface area contributed by atoms with Crippen LogP contribution in [-0.4, -0.2) is 7.11 Å². The van der Waals surface area contributed by atoms with Gasteiger partial charge in [0.2, 0.25) is 0 Å². The molecule has 0 N–H and O–H groups in total. The Bertz CT molecular complexity index is 241. The lowest BCUT2D eigenvalue weighted by atomic mass is 10.2. The third-order valence-electron chi connectivity index (χ3n) is 1.30. The number of methoxy groups -OCH3 is 1. The van der Waals surface area contributed by atoms with Crippen LogP contribution in [0.4, 0.5) is 0 Å². The highest BCUT2D eigenvalue weighted by Gasteiger charge is 1.87. The molecule has 1 rings (SSSR count). The van der Waals surface area contributed by atoms with Crippen LogP contribution in [0.2, 0.25) is 0 Å². The Labute approximate surface area is 72.1 Å². The molecule has 0 aliphatic heterocycles. The Balaban J connectivity index is 2.79. The van der Waals surface area contributed by atoms with Crippen molar-refractivity contribution in [1.82, 2.24) is 0 Å². The zero-order valence-corrected chi connectivity index (χ0v) is 7.21. The topological polar surface area (TPSA) is 9.23 Å². The molecule has 1 nitrogen and oxygen atoms in total. The first kappa shape index (κ1) is 8.21. The van der Waals surface area contributed by atoms with Gasteiger partial charge in [0.05, 0.1) is 7.11 Å². The van der Waals surface area contributed by atoms with Gasteiger partial charge >= 0.3 is 0 Å². The molecule has 0 saturated carbocycles. The fourth-order valence-corrected chi connectivity index (χ4v) is 0.900. The van der Waals surface area contributed by atoms with Gasteiger partial charge in [-0.3, -0.25) is 0 Å². The standard InChI is InChI=1S/C9H10OS/c1-10-9(11)7-8-5-3-2-4-6-8/h2-7,11H,1H3/b9-7+. The zero-order chi connectivity index (χ0) is 8.10. The van der Waals surface area contributed by atoms with Crippen molar-refractivity contribution in [2.75, 3.05) is 7.11 Å². The minimum absolute atomic E-state index is 0.621. The first-order chi connectivity index (χ1) is 5.33. The molecule has 0 aliphatic rings. The van der Waals surface area contributed by atoms with Crippen LogP contribution in [0.5, 0.6) is 0 Å². The van der Waals surface area contributed by atoms with Crippen molar-refractivity contribution in [1.29, 1.82) is 0 Å². The number of ether oxygens (including phenoxy) is 1. The van der Waals surface area contributed by atoms with Gasteiger partial charge in [0.25, 0.3) is 0 Å². The maximum Gasteiger partial charge on any atom is 0.150 e. The summed E-state index contributed by atoms with van der Waals surface area (Å²) in [6, 6.07) is 9.91. The SMILES string of the molecule is CO/C(S)=C\c1ccccc1. The molecule has 1 aromatic rings. The van der Waals surface area contributed by atoms with E-state index in [1.807, 2.05) is 36.4 Å². The van der Waals surface area contributed by atoms with Crippen LogP contribution in [0.25, 0.3) is 6.08 Å². The van der Waals surface area contributed by atoms with Gasteiger partial charge in [-0.2, -0.15) is 0 Å². The molecule has 0 heterocycles. The smallest absolute Gasteiger partial charge is 0.150 e. The van der Waals surface area contributed by atoms with Crippen molar-refractivity contribution < 1.29 is 4.74 Å². The average Bonchev–Trinajstić information content (AvgIpc) is 2.06. The molecular weight excluding hydrogens is 156 g/mol. The van der Waals surface area contributed by atoms with Crippen LogP contribution in [0.15, 0.2) is 35.4 Å². The van der Waals surface area contributed by atoms with Gasteiger partial charge in [-0.1, -0.05) is 30.3 Å². The van der Waals surface area contributed by atoms with E-state index < -0.39 is 0 Å². The highest BCUT2D eigenvalue weighted by Crippen LogP contribution is 2.08. The second-order valence-corrected chi connectivity index (χ2v) is 2.54. The molecule has 0 aromatic heterocycles. The maximum atomic E-state index is 4.88. The van der Waals surface area contributed by atoms with E-state index >= 15 is 0 Å². The van der Waals surface area contributed by atoms with E-state index in [4.69, 9.17) is 4.74 Å². The maximum absolute atomic E-state index is 4.88. The predicted molar refractivity (Wildman–Crippen MR) is 50.4 cm³/mol. The van der Waals surface area contributed by atoms with Gasteiger partial charge in [0, 0.05) is 0 Å². The average molecular weight is 166 g/mol. The Morgan fingerprint density at radius 2 is 2.00 bits per heavy atom. The summed E-state index contributed by atoms with van der Waals surface area (Å²) >= 11 is 4.08. The Morgan fingerprint density at radius 3 is 2.55 bits per heavy atom. The van der Waals surface area contributed by atoms with E-state index in [1.165, 1.54) is 0 Å². The second kappa shape index (κ2) is 4.09. The molecule has 0 aliphatic carbocycles. The number of rotatable bonds is 2. The van der Waals surface area contributed by atoms with E-state index in [0.717, 1.165) is 5.56 Å². The highest BCUT2D eigenvalue weighted by molar-refractivity contribution is 7.84. The minimum Gasteiger partial charge on any atom is -0.491 e. The van der Waals surface area contributed by atoms with Crippen LogP contribution in [0.1, 0.15) is 5.56 Å². The lowest BCUT2D eigenvalue weighted by Gasteiger charge is -1.96. The van der Waals surface area contributed by atoms with E-state index in [-0.39, 0.29) is 0 Å². The minimum atomic E-state index is 0.621. The molecule has 0 unspecified atom stereocenters. The Hall–Kier alpha value is -0.890. The third kappa shape index (κ3) is 2.68. The van der Waals surface area contributed by atoms with Gasteiger partial charge in [-0.05, 0) is 11.6 Å². The van der Waals surface area contributed by atoms with Crippen LogP contribution in [0.3, 0.4) is 0 Å². The van der Waals surface area contributed by atoms with Crippen molar-refractivity contribution in [3.05, 3.63) is 41.0 Å². The molecule has 0 fully saturated rings. The fourth-order valence-electron chi connectivity index (χ4n) is 0.751. The van der Waals surface area contributed by atoms with Crippen molar-refractivity contribution in [2.45, 2.75) is 0 Å². The van der Waals surface area contributed by atoms with Gasteiger partial charge < -0.3 is 4.74 Å². The molecule has 11 heavy (non-hydrogen) atoms. The summed E-state index contributed by atoms with van der Waals surface area (Å²) in [7, 11) is 1.60. The lowest BCUT2D eigenvalue weighted by Crippen LogP contribution is -1.76. The van der Waals surface area contributed by atoms with E-state index in [1.54, 1.807) is 7.11 Å². The summed E-state index contributed by atoms with van der Waals surface area (Å²) in [5.41, 5.74) is 1.10. The molecule has 0 bridgehead atoms. The van der Waals surface area contributed by atoms with Crippen molar-refractivity contribution >= 4 is 18.7 Å². The Kier molecular flexibility index (Phi) is 3.05. The normalized spacial score (nSPS) is 11.3. The van der Waals surface area contributed by atoms with Crippen LogP contribution >= 0.6 is 12.6 Å². The monoisotopic (exact) mass is 166 g/mol. The molecule has 0 amide bonds. The van der Waals surface area contributed by atoms with E-state index in [2.05, 4.69) is 12.6 Å². The van der Waals surface area contributed by atoms with Gasteiger partial charge in [0.15, 0.2) is 0 Å². The number of thiol groups is 1. The van der Waals surface area contributed by atoms with Crippen molar-refractivity contribution in [2.24, 2.45) is 0 Å². The molecular formula is C9H10OS. The molecule has 0 saturated heterocycles. The quantitative estimate of drug-likeness (QED) is 0.524. The van der Waals surface area contributed by atoms with Crippen molar-refractivity contribution in [3.63, 3.8) is 0 Å². The molecule has 0 radical (unpaired) electrons. The summed E-state index contributed by atoms with van der Waals surface area (Å²) in [5, 5.41) is 0.621. The van der Waals surface area contributed by atoms with Gasteiger partial charge in [-0.15, -0.1) is 12.6 Å². The van der Waals surface area contributed by atoms with Crippen LogP contribution < -0.4 is 0 Å². The highest BCUT2D eigenvalue weighted by atomic mass is 32.1. The van der Waals surface area contributed by atoms with Gasteiger partial charge in [-0.25, -0.2) is 0 Å². The molecule has 2 heteroatoms. The number of hydrogen-bond acceptors (Lipinski definition) is 2. The molecule has 0 atom stereocenters. The van der Waals surface area contributed by atoms with Crippen molar-refractivity contribution in [3.8, 4) is 0 Å². The van der Waals surface area contributed by atoms with E-state index in [0.29, 0.717) is 5.09 Å². The summed E-state index contributed by atoms with van der Waals surface area (Å²) in [5.74, 6) is 0. The predicted octanol–water partition coefficient (Wildman–Crippen LogP) is 2.56. The summed E-state index contributed by atoms with van der Waals surface area (Å²) < 4.78 is 4.88. The van der Waals surface area contributed by atoms with Crippen LogP contribution in [-0.2, 0) is 4.74 Å². The summed E-state index contributed by atoms with van der Waals surface area (Å²) in [6.07, 6.45) is 1.86. The molecule has 58 valence electrons. The van der Waals surface area contributed by atoms with Crippen LogP contribution in [0, 0.1) is 0 Å². The zero-order valence-electron chi connectivity index (χ0n) is 6.32. The molecule has 1 aromatic carbocycles. The lowest BCUT2D eigenvalue weighted by molar-refractivity contribution is 0.329. The van der Waals surface area contributed by atoms with Gasteiger partial charge in [0.1, 0.15) is 5.09 Å². The summed E-state index contributed by atoms with van der Waals surface area (Å²) in [6.45, 7) is 0. The molecule has 0 spiro atoms. The fraction of sp³-hybridized carbons (Fsp3) is 0.111.